The molecule has 4 rings (SSSR count). The number of carbonyl (C=O) groups is 1. The lowest BCUT2D eigenvalue weighted by atomic mass is 9.83. The number of allylic oxidation sites excluding steroid dienone is 1. The molecule has 136 valence electrons. The largest absolute Gasteiger partial charge is 0.404 e. The smallest absolute Gasteiger partial charge is 0.229 e. The van der Waals surface area contributed by atoms with Gasteiger partial charge in [0.2, 0.25) is 5.91 Å². The van der Waals surface area contributed by atoms with Crippen molar-refractivity contribution in [2.75, 3.05) is 0 Å². The van der Waals surface area contributed by atoms with Gasteiger partial charge in [0, 0.05) is 17.8 Å². The van der Waals surface area contributed by atoms with Crippen LogP contribution in [0.15, 0.2) is 23.4 Å². The Morgan fingerprint density at radius 2 is 1.92 bits per heavy atom. The highest BCUT2D eigenvalue weighted by Gasteiger charge is 2.44. The second-order valence-electron chi connectivity index (χ2n) is 8.20. The standard InChI is InChI=1S/C20H29N3O2/c21-11-14-9-16(6-8-18(14)22)23(15-4-5-15)20(25)17-7-3-13(10-19(17)24)12-1-2-12/h10-12,15-17,19,22,24H,1-9,21H2. The van der Waals surface area contributed by atoms with Crippen molar-refractivity contribution in [1.82, 2.24) is 4.90 Å². The Balaban J connectivity index is 1.49. The van der Waals surface area contributed by atoms with Crippen LogP contribution >= 0.6 is 0 Å². The third-order valence-corrected chi connectivity index (χ3v) is 6.32. The Kier molecular flexibility index (Phi) is 4.44. The molecule has 5 nitrogen and oxygen atoms in total. The number of nitrogens with two attached hydrogens (primary N) is 1. The van der Waals surface area contributed by atoms with Crippen molar-refractivity contribution in [2.24, 2.45) is 17.6 Å². The summed E-state index contributed by atoms with van der Waals surface area (Å²) in [6.07, 6.45) is 11.4. The molecule has 0 spiro atoms. The maximum atomic E-state index is 13.3. The van der Waals surface area contributed by atoms with E-state index >= 15 is 0 Å². The van der Waals surface area contributed by atoms with Gasteiger partial charge in [0.25, 0.3) is 0 Å². The number of aliphatic hydroxyl groups is 1. The zero-order valence-corrected chi connectivity index (χ0v) is 14.8. The zero-order chi connectivity index (χ0) is 17.6. The molecule has 3 saturated carbocycles. The van der Waals surface area contributed by atoms with Gasteiger partial charge in [-0.15, -0.1) is 0 Å². The predicted octanol–water partition coefficient (Wildman–Crippen LogP) is 2.50. The van der Waals surface area contributed by atoms with Gasteiger partial charge in [-0.1, -0.05) is 11.6 Å². The average Bonchev–Trinajstić information content (AvgIpc) is 3.48. The van der Waals surface area contributed by atoms with Gasteiger partial charge in [0.15, 0.2) is 0 Å². The van der Waals surface area contributed by atoms with E-state index in [2.05, 4.69) is 4.90 Å². The number of hydrogen-bond donors (Lipinski definition) is 3. The fraction of sp³-hybridized carbons (Fsp3) is 0.700. The molecule has 0 aromatic heterocycles. The number of nitrogens with one attached hydrogen (secondary N) is 1. The lowest BCUT2D eigenvalue weighted by molar-refractivity contribution is -0.142. The van der Waals surface area contributed by atoms with Crippen molar-refractivity contribution >= 4 is 11.6 Å². The van der Waals surface area contributed by atoms with Crippen LogP contribution < -0.4 is 5.73 Å². The van der Waals surface area contributed by atoms with E-state index in [1.807, 2.05) is 6.08 Å². The van der Waals surface area contributed by atoms with Crippen molar-refractivity contribution in [2.45, 2.75) is 76.0 Å². The summed E-state index contributed by atoms with van der Waals surface area (Å²) < 4.78 is 0. The lowest BCUT2D eigenvalue weighted by Gasteiger charge is -2.39. The Bertz CT molecular complexity index is 631. The predicted molar refractivity (Wildman–Crippen MR) is 97.0 cm³/mol. The first-order valence-electron chi connectivity index (χ1n) is 9.78. The van der Waals surface area contributed by atoms with Crippen molar-refractivity contribution in [3.8, 4) is 0 Å². The molecular formula is C20H29N3O2. The Labute approximate surface area is 149 Å². The topological polar surface area (TPSA) is 90.4 Å². The van der Waals surface area contributed by atoms with E-state index in [1.165, 1.54) is 24.6 Å². The first-order valence-corrected chi connectivity index (χ1v) is 9.78. The summed E-state index contributed by atoms with van der Waals surface area (Å²) in [5.74, 6) is 0.498. The van der Waals surface area contributed by atoms with Gasteiger partial charge < -0.3 is 21.1 Å². The monoisotopic (exact) mass is 343 g/mol. The van der Waals surface area contributed by atoms with Crippen LogP contribution in [0, 0.1) is 17.2 Å². The van der Waals surface area contributed by atoms with Crippen LogP contribution in [0.2, 0.25) is 0 Å². The molecule has 1 amide bonds. The molecule has 0 aliphatic heterocycles. The number of hydrogen-bond acceptors (Lipinski definition) is 4. The summed E-state index contributed by atoms with van der Waals surface area (Å²) in [7, 11) is 0. The number of carbonyl (C=O) groups excluding carboxylic acids is 1. The quantitative estimate of drug-likeness (QED) is 0.685. The van der Waals surface area contributed by atoms with Crippen molar-refractivity contribution in [1.29, 1.82) is 5.41 Å². The fourth-order valence-electron chi connectivity index (χ4n) is 4.53. The van der Waals surface area contributed by atoms with Crippen LogP contribution in [0.5, 0.6) is 0 Å². The molecular weight excluding hydrogens is 314 g/mol. The molecule has 3 fully saturated rings. The van der Waals surface area contributed by atoms with Gasteiger partial charge in [-0.2, -0.15) is 0 Å². The Morgan fingerprint density at radius 1 is 1.16 bits per heavy atom. The van der Waals surface area contributed by atoms with E-state index in [-0.39, 0.29) is 17.9 Å². The van der Waals surface area contributed by atoms with Crippen LogP contribution in [-0.4, -0.2) is 39.8 Å². The lowest BCUT2D eigenvalue weighted by Crippen LogP contribution is -2.49. The number of amides is 1. The Hall–Kier alpha value is -1.62. The molecule has 4 aliphatic rings. The minimum atomic E-state index is -0.635. The van der Waals surface area contributed by atoms with Gasteiger partial charge >= 0.3 is 0 Å². The molecule has 0 bridgehead atoms. The molecule has 0 saturated heterocycles. The highest BCUT2D eigenvalue weighted by molar-refractivity contribution is 5.98. The summed E-state index contributed by atoms with van der Waals surface area (Å²) in [5.41, 5.74) is 8.53. The molecule has 3 unspecified atom stereocenters. The minimum Gasteiger partial charge on any atom is -0.404 e. The van der Waals surface area contributed by atoms with Gasteiger partial charge in [0.05, 0.1) is 12.0 Å². The zero-order valence-electron chi connectivity index (χ0n) is 14.8. The highest BCUT2D eigenvalue weighted by Crippen LogP contribution is 2.43. The molecule has 4 aliphatic carbocycles. The molecule has 4 N–H and O–H groups in total. The number of nitrogens with zero attached hydrogens (tertiary/aromatic N) is 1. The maximum Gasteiger partial charge on any atom is 0.229 e. The Morgan fingerprint density at radius 3 is 2.52 bits per heavy atom. The minimum absolute atomic E-state index is 0.121. The summed E-state index contributed by atoms with van der Waals surface area (Å²) >= 11 is 0. The normalized spacial score (nSPS) is 34.8. The molecule has 0 radical (unpaired) electrons. The number of rotatable bonds is 4. The summed E-state index contributed by atoms with van der Waals surface area (Å²) in [6.45, 7) is 0. The SMILES string of the molecule is N=C1CCC(N(C(=O)C2CCC(C3CC3)=CC2O)C2CC2)CC1=CN. The second-order valence-corrected chi connectivity index (χ2v) is 8.20. The summed E-state index contributed by atoms with van der Waals surface area (Å²) in [5, 5.41) is 18.6. The van der Waals surface area contributed by atoms with Crippen LogP contribution in [0.25, 0.3) is 0 Å². The highest BCUT2D eigenvalue weighted by atomic mass is 16.3. The van der Waals surface area contributed by atoms with Gasteiger partial charge in [-0.05, 0) is 75.5 Å². The van der Waals surface area contributed by atoms with E-state index in [9.17, 15) is 9.90 Å². The molecule has 0 aromatic carbocycles. The molecule has 0 heterocycles. The van der Waals surface area contributed by atoms with Crippen molar-refractivity contribution in [3.05, 3.63) is 23.4 Å². The maximum absolute atomic E-state index is 13.3. The number of aliphatic hydroxyl groups excluding tert-OH is 1. The van der Waals surface area contributed by atoms with E-state index in [0.29, 0.717) is 30.5 Å². The van der Waals surface area contributed by atoms with Gasteiger partial charge in [-0.3, -0.25) is 4.79 Å². The molecule has 0 aromatic rings. The van der Waals surface area contributed by atoms with Crippen LogP contribution in [0.4, 0.5) is 0 Å². The van der Waals surface area contributed by atoms with Crippen molar-refractivity contribution in [3.63, 3.8) is 0 Å². The summed E-state index contributed by atoms with van der Waals surface area (Å²) in [6, 6.07) is 0.453. The second kappa shape index (κ2) is 6.60. The first-order chi connectivity index (χ1) is 12.1. The fourth-order valence-corrected chi connectivity index (χ4v) is 4.53. The molecule has 25 heavy (non-hydrogen) atoms. The van der Waals surface area contributed by atoms with E-state index < -0.39 is 6.10 Å². The van der Waals surface area contributed by atoms with Crippen molar-refractivity contribution < 1.29 is 9.90 Å². The van der Waals surface area contributed by atoms with E-state index in [4.69, 9.17) is 11.1 Å². The molecule has 3 atom stereocenters. The third-order valence-electron chi connectivity index (χ3n) is 6.32. The summed E-state index contributed by atoms with van der Waals surface area (Å²) in [4.78, 5) is 15.3. The molecule has 5 heteroatoms. The van der Waals surface area contributed by atoms with Crippen LogP contribution in [-0.2, 0) is 4.79 Å². The van der Waals surface area contributed by atoms with E-state index in [0.717, 1.165) is 37.7 Å². The van der Waals surface area contributed by atoms with Gasteiger partial charge in [0.1, 0.15) is 0 Å². The van der Waals surface area contributed by atoms with Gasteiger partial charge in [-0.25, -0.2) is 0 Å². The third kappa shape index (κ3) is 3.39. The first kappa shape index (κ1) is 16.8. The van der Waals surface area contributed by atoms with Crippen LogP contribution in [0.1, 0.15) is 57.8 Å². The van der Waals surface area contributed by atoms with E-state index in [1.54, 1.807) is 0 Å². The van der Waals surface area contributed by atoms with Crippen LogP contribution in [0.3, 0.4) is 0 Å². The average molecular weight is 343 g/mol.